The van der Waals surface area contributed by atoms with E-state index in [1.807, 2.05) is 0 Å². The molecule has 3 rings (SSSR count). The van der Waals surface area contributed by atoms with Gasteiger partial charge in [-0.25, -0.2) is 18.1 Å². The fourth-order valence-corrected chi connectivity index (χ4v) is 3.67. The normalized spacial score (nSPS) is 11.2. The summed E-state index contributed by atoms with van der Waals surface area (Å²) in [5, 5.41) is 10.7. The van der Waals surface area contributed by atoms with Gasteiger partial charge in [0.1, 0.15) is 5.75 Å². The Balaban J connectivity index is 1.65. The number of benzene rings is 2. The van der Waals surface area contributed by atoms with Gasteiger partial charge in [0.15, 0.2) is 0 Å². The van der Waals surface area contributed by atoms with Gasteiger partial charge in [-0.05, 0) is 36.4 Å². The van der Waals surface area contributed by atoms with Crippen molar-refractivity contribution in [3.05, 3.63) is 81.4 Å². The molecule has 156 valence electrons. The Morgan fingerprint density at radius 3 is 2.37 bits per heavy atom. The van der Waals surface area contributed by atoms with Crippen LogP contribution >= 0.6 is 0 Å². The van der Waals surface area contributed by atoms with Crippen molar-refractivity contribution < 1.29 is 18.1 Å². The molecule has 0 aliphatic carbocycles. The first-order valence-corrected chi connectivity index (χ1v) is 10.2. The van der Waals surface area contributed by atoms with E-state index in [-0.39, 0.29) is 29.2 Å². The van der Waals surface area contributed by atoms with Crippen LogP contribution in [0.2, 0.25) is 0 Å². The molecule has 0 saturated carbocycles. The molecule has 0 unspecified atom stereocenters. The Morgan fingerprint density at radius 1 is 1.13 bits per heavy atom. The van der Waals surface area contributed by atoms with Gasteiger partial charge in [0.2, 0.25) is 10.0 Å². The average molecular weight is 430 g/mol. The molecule has 0 aliphatic heterocycles. The Bertz CT molecular complexity index is 1210. The second kappa shape index (κ2) is 8.84. The lowest BCUT2D eigenvalue weighted by atomic mass is 10.1. The molecule has 11 heteroatoms. The highest BCUT2D eigenvalue weighted by Crippen LogP contribution is 2.19. The largest absolute Gasteiger partial charge is 0.497 e. The molecule has 0 aliphatic rings. The fourth-order valence-electron chi connectivity index (χ4n) is 2.64. The molecular weight excluding hydrogens is 412 g/mol. The first kappa shape index (κ1) is 21.1. The lowest BCUT2D eigenvalue weighted by Gasteiger charge is -2.09. The summed E-state index contributed by atoms with van der Waals surface area (Å²) in [7, 11) is -2.30. The van der Waals surface area contributed by atoms with Gasteiger partial charge in [-0.1, -0.05) is 0 Å². The van der Waals surface area contributed by atoms with E-state index in [0.717, 1.165) is 29.8 Å². The van der Waals surface area contributed by atoms with E-state index in [0.29, 0.717) is 11.4 Å². The van der Waals surface area contributed by atoms with Crippen molar-refractivity contribution in [3.8, 4) is 17.0 Å². The minimum Gasteiger partial charge on any atom is -0.497 e. The number of nitrogens with zero attached hydrogens (tertiary/aromatic N) is 3. The number of non-ortho nitro benzene ring substituents is 1. The van der Waals surface area contributed by atoms with Gasteiger partial charge in [0, 0.05) is 36.9 Å². The number of rotatable bonds is 8. The van der Waals surface area contributed by atoms with Crippen LogP contribution in [-0.2, 0) is 16.6 Å². The summed E-state index contributed by atoms with van der Waals surface area (Å²) in [5.74, 6) is 0.687. The van der Waals surface area contributed by atoms with E-state index < -0.39 is 14.9 Å². The Morgan fingerprint density at radius 2 is 1.80 bits per heavy atom. The molecular formula is C19H18N4O6S. The number of methoxy groups -OCH3 is 1. The van der Waals surface area contributed by atoms with E-state index in [4.69, 9.17) is 4.74 Å². The van der Waals surface area contributed by atoms with E-state index >= 15 is 0 Å². The smallest absolute Gasteiger partial charge is 0.269 e. The van der Waals surface area contributed by atoms with E-state index in [1.54, 1.807) is 31.4 Å². The fraction of sp³-hybridized carbons (Fsp3) is 0.158. The number of nitro benzene ring substituents is 1. The molecule has 0 radical (unpaired) electrons. The first-order valence-electron chi connectivity index (χ1n) is 8.75. The standard InChI is InChI=1S/C19H18N4O6S/c1-29-16-6-2-14(3-7-16)18-12-19(24)22(13-20-18)11-10-21-30(27,28)17-8-4-15(5-9-17)23(25)26/h2-9,12-13,21H,10-11H2,1H3. The van der Waals surface area contributed by atoms with Crippen molar-refractivity contribution in [2.45, 2.75) is 11.4 Å². The minimum absolute atomic E-state index is 0.0528. The van der Waals surface area contributed by atoms with Crippen molar-refractivity contribution in [2.24, 2.45) is 0 Å². The summed E-state index contributed by atoms with van der Waals surface area (Å²) >= 11 is 0. The van der Waals surface area contributed by atoms with E-state index in [9.17, 15) is 23.3 Å². The molecule has 0 bridgehead atoms. The molecule has 30 heavy (non-hydrogen) atoms. The van der Waals surface area contributed by atoms with Gasteiger partial charge >= 0.3 is 0 Å². The molecule has 0 atom stereocenters. The molecule has 2 aromatic carbocycles. The lowest BCUT2D eigenvalue weighted by molar-refractivity contribution is -0.384. The van der Waals surface area contributed by atoms with Crippen LogP contribution < -0.4 is 15.0 Å². The monoisotopic (exact) mass is 430 g/mol. The first-order chi connectivity index (χ1) is 14.3. The highest BCUT2D eigenvalue weighted by molar-refractivity contribution is 7.89. The maximum atomic E-state index is 12.3. The second-order valence-electron chi connectivity index (χ2n) is 6.18. The van der Waals surface area contributed by atoms with Gasteiger partial charge in [0.25, 0.3) is 11.2 Å². The Labute approximate surface area is 172 Å². The summed E-state index contributed by atoms with van der Waals surface area (Å²) in [6.45, 7) is 0.0176. The van der Waals surface area contributed by atoms with Crippen LogP contribution in [0, 0.1) is 10.1 Å². The van der Waals surface area contributed by atoms with E-state index in [1.165, 1.54) is 17.0 Å². The molecule has 3 aromatic rings. The van der Waals surface area contributed by atoms with Crippen molar-refractivity contribution in [1.29, 1.82) is 0 Å². The minimum atomic E-state index is -3.86. The summed E-state index contributed by atoms with van der Waals surface area (Å²) in [6.07, 6.45) is 1.35. The number of ether oxygens (including phenoxy) is 1. The number of sulfonamides is 1. The SMILES string of the molecule is COc1ccc(-c2cc(=O)n(CCNS(=O)(=O)c3ccc([N+](=O)[O-])cc3)cn2)cc1. The Hall–Kier alpha value is -3.57. The molecule has 1 heterocycles. The van der Waals surface area contributed by atoms with Crippen LogP contribution in [0.25, 0.3) is 11.3 Å². The third-order valence-corrected chi connectivity index (χ3v) is 5.74. The number of hydrogen-bond donors (Lipinski definition) is 1. The summed E-state index contributed by atoms with van der Waals surface area (Å²) in [5.41, 5.74) is 0.707. The summed E-state index contributed by atoms with van der Waals surface area (Å²) in [4.78, 5) is 26.5. The molecule has 0 fully saturated rings. The van der Waals surface area contributed by atoms with Crippen molar-refractivity contribution in [1.82, 2.24) is 14.3 Å². The van der Waals surface area contributed by atoms with Crippen LogP contribution in [0.4, 0.5) is 5.69 Å². The molecule has 0 amide bonds. The second-order valence-corrected chi connectivity index (χ2v) is 7.95. The van der Waals surface area contributed by atoms with Crippen LogP contribution in [0.5, 0.6) is 5.75 Å². The third-order valence-electron chi connectivity index (χ3n) is 4.27. The van der Waals surface area contributed by atoms with Crippen LogP contribution in [0.15, 0.2) is 70.6 Å². The zero-order chi connectivity index (χ0) is 21.7. The summed E-state index contributed by atoms with van der Waals surface area (Å²) < 4.78 is 33.3. The number of aromatic nitrogens is 2. The average Bonchev–Trinajstić information content (AvgIpc) is 2.75. The van der Waals surface area contributed by atoms with Crippen molar-refractivity contribution in [2.75, 3.05) is 13.7 Å². The number of nitrogens with one attached hydrogen (secondary N) is 1. The van der Waals surface area contributed by atoms with Gasteiger partial charge < -0.3 is 4.74 Å². The molecule has 1 N–H and O–H groups in total. The molecule has 10 nitrogen and oxygen atoms in total. The van der Waals surface area contributed by atoms with Crippen LogP contribution in [0.3, 0.4) is 0 Å². The molecule has 0 spiro atoms. The highest BCUT2D eigenvalue weighted by Gasteiger charge is 2.15. The maximum Gasteiger partial charge on any atom is 0.269 e. The highest BCUT2D eigenvalue weighted by atomic mass is 32.2. The predicted octanol–water partition coefficient (Wildman–Crippen LogP) is 1.81. The van der Waals surface area contributed by atoms with Crippen molar-refractivity contribution in [3.63, 3.8) is 0 Å². The molecule has 0 saturated heterocycles. The Kier molecular flexibility index (Phi) is 6.23. The molecule has 1 aromatic heterocycles. The van der Waals surface area contributed by atoms with E-state index in [2.05, 4.69) is 9.71 Å². The predicted molar refractivity (Wildman–Crippen MR) is 109 cm³/mol. The topological polar surface area (TPSA) is 133 Å². The van der Waals surface area contributed by atoms with Gasteiger partial charge in [0.05, 0.1) is 28.9 Å². The quantitative estimate of drug-likeness (QED) is 0.425. The van der Waals surface area contributed by atoms with Crippen LogP contribution in [0.1, 0.15) is 0 Å². The third kappa shape index (κ3) is 4.88. The van der Waals surface area contributed by atoms with Gasteiger partial charge in [-0.15, -0.1) is 0 Å². The van der Waals surface area contributed by atoms with Gasteiger partial charge in [-0.2, -0.15) is 0 Å². The lowest BCUT2D eigenvalue weighted by Crippen LogP contribution is -2.30. The number of hydrogen-bond acceptors (Lipinski definition) is 7. The zero-order valence-electron chi connectivity index (χ0n) is 15.9. The summed E-state index contributed by atoms with van der Waals surface area (Å²) in [6, 6.07) is 13.0. The maximum absolute atomic E-state index is 12.3. The van der Waals surface area contributed by atoms with Crippen LogP contribution in [-0.4, -0.2) is 36.5 Å². The van der Waals surface area contributed by atoms with Gasteiger partial charge in [-0.3, -0.25) is 19.5 Å². The van der Waals surface area contributed by atoms with Crippen molar-refractivity contribution >= 4 is 15.7 Å². The zero-order valence-corrected chi connectivity index (χ0v) is 16.7. The number of nitro groups is 1.